The molecule has 0 radical (unpaired) electrons. The Kier molecular flexibility index (Phi) is 4.46. The quantitative estimate of drug-likeness (QED) is 0.873. The van der Waals surface area contributed by atoms with Crippen LogP contribution in [0.15, 0.2) is 24.3 Å². The first-order valence-corrected chi connectivity index (χ1v) is 7.21. The van der Waals surface area contributed by atoms with Gasteiger partial charge in [-0.3, -0.25) is 4.79 Å². The summed E-state index contributed by atoms with van der Waals surface area (Å²) in [7, 11) is 0. The first-order chi connectivity index (χ1) is 9.08. The van der Waals surface area contributed by atoms with Gasteiger partial charge in [0.25, 0.3) is 0 Å². The van der Waals surface area contributed by atoms with Gasteiger partial charge in [0.1, 0.15) is 0 Å². The molecule has 0 aromatic heterocycles. The van der Waals surface area contributed by atoms with Crippen LogP contribution in [0.25, 0.3) is 0 Å². The summed E-state index contributed by atoms with van der Waals surface area (Å²) in [5.74, 6) is 0.778. The van der Waals surface area contributed by atoms with Crippen molar-refractivity contribution in [2.24, 2.45) is 5.92 Å². The second kappa shape index (κ2) is 6.09. The van der Waals surface area contributed by atoms with Crippen LogP contribution in [0, 0.1) is 5.92 Å². The van der Waals surface area contributed by atoms with Crippen molar-refractivity contribution in [3.05, 3.63) is 29.8 Å². The molecule has 3 nitrogen and oxygen atoms in total. The second-order valence-corrected chi connectivity index (χ2v) is 5.89. The minimum absolute atomic E-state index is 0.0142. The molecule has 1 aliphatic rings. The zero-order valence-electron chi connectivity index (χ0n) is 12.1. The van der Waals surface area contributed by atoms with Crippen molar-refractivity contribution < 1.29 is 4.79 Å². The van der Waals surface area contributed by atoms with Gasteiger partial charge < -0.3 is 10.6 Å². The summed E-state index contributed by atoms with van der Waals surface area (Å²) in [5, 5.41) is 6.52. The summed E-state index contributed by atoms with van der Waals surface area (Å²) >= 11 is 0. The largest absolute Gasteiger partial charge is 0.382 e. The van der Waals surface area contributed by atoms with Crippen molar-refractivity contribution in [1.82, 2.24) is 5.32 Å². The molecular formula is C16H24N2O. The Labute approximate surface area is 115 Å². The van der Waals surface area contributed by atoms with E-state index in [2.05, 4.69) is 43.5 Å². The lowest BCUT2D eigenvalue weighted by Gasteiger charge is -2.30. The third-order valence-electron chi connectivity index (χ3n) is 3.66. The molecule has 2 atom stereocenters. The van der Waals surface area contributed by atoms with Gasteiger partial charge in [0.15, 0.2) is 0 Å². The molecule has 0 bridgehead atoms. The van der Waals surface area contributed by atoms with Crippen LogP contribution in [-0.2, 0) is 4.79 Å². The third kappa shape index (κ3) is 3.49. The van der Waals surface area contributed by atoms with Crippen molar-refractivity contribution in [2.45, 2.75) is 45.6 Å². The second-order valence-electron chi connectivity index (χ2n) is 5.89. The highest BCUT2D eigenvalue weighted by Gasteiger charge is 2.29. The molecule has 0 saturated heterocycles. The van der Waals surface area contributed by atoms with E-state index in [9.17, 15) is 4.79 Å². The molecule has 1 heterocycles. The molecule has 2 rings (SSSR count). The summed E-state index contributed by atoms with van der Waals surface area (Å²) in [6.45, 7) is 7.25. The highest BCUT2D eigenvalue weighted by atomic mass is 16.1. The van der Waals surface area contributed by atoms with E-state index in [4.69, 9.17) is 0 Å². The number of rotatable bonds is 4. The van der Waals surface area contributed by atoms with E-state index in [1.807, 2.05) is 12.1 Å². The normalized spacial score (nSPS) is 21.7. The van der Waals surface area contributed by atoms with Crippen molar-refractivity contribution >= 4 is 11.6 Å². The van der Waals surface area contributed by atoms with Gasteiger partial charge in [-0.05, 0) is 37.3 Å². The SMILES string of the molecule is CC(C)CCNC(=O)C1CC(C)Nc2ccccc21. The van der Waals surface area contributed by atoms with Crippen LogP contribution < -0.4 is 10.6 Å². The lowest BCUT2D eigenvalue weighted by molar-refractivity contribution is -0.122. The van der Waals surface area contributed by atoms with Gasteiger partial charge in [-0.2, -0.15) is 0 Å². The Morgan fingerprint density at radius 2 is 2.16 bits per heavy atom. The van der Waals surface area contributed by atoms with E-state index < -0.39 is 0 Å². The van der Waals surface area contributed by atoms with E-state index in [1.54, 1.807) is 0 Å². The lowest BCUT2D eigenvalue weighted by Crippen LogP contribution is -2.36. The van der Waals surface area contributed by atoms with Gasteiger partial charge in [0, 0.05) is 18.3 Å². The number of carbonyl (C=O) groups excluding carboxylic acids is 1. The average molecular weight is 260 g/mol. The van der Waals surface area contributed by atoms with E-state index in [0.29, 0.717) is 12.0 Å². The number of nitrogens with one attached hydrogen (secondary N) is 2. The molecular weight excluding hydrogens is 236 g/mol. The number of amides is 1. The topological polar surface area (TPSA) is 41.1 Å². The molecule has 0 saturated carbocycles. The maximum absolute atomic E-state index is 12.3. The molecule has 0 aliphatic carbocycles. The van der Waals surface area contributed by atoms with Gasteiger partial charge in [0.2, 0.25) is 5.91 Å². The minimum atomic E-state index is -0.0142. The summed E-state index contributed by atoms with van der Waals surface area (Å²) in [6.07, 6.45) is 1.90. The summed E-state index contributed by atoms with van der Waals surface area (Å²) < 4.78 is 0. The molecule has 3 heteroatoms. The predicted molar refractivity (Wildman–Crippen MR) is 79.3 cm³/mol. The van der Waals surface area contributed by atoms with Crippen molar-refractivity contribution in [3.63, 3.8) is 0 Å². The van der Waals surface area contributed by atoms with E-state index >= 15 is 0 Å². The average Bonchev–Trinajstić information content (AvgIpc) is 2.37. The molecule has 2 N–H and O–H groups in total. The maximum atomic E-state index is 12.3. The standard InChI is InChI=1S/C16H24N2O/c1-11(2)8-9-17-16(19)14-10-12(3)18-15-7-5-4-6-13(14)15/h4-7,11-12,14,18H,8-10H2,1-3H3,(H,17,19). The maximum Gasteiger partial charge on any atom is 0.227 e. The molecule has 1 amide bonds. The number of para-hydroxylation sites is 1. The Morgan fingerprint density at radius 1 is 1.42 bits per heavy atom. The highest BCUT2D eigenvalue weighted by molar-refractivity contribution is 5.86. The van der Waals surface area contributed by atoms with E-state index in [0.717, 1.165) is 30.6 Å². The highest BCUT2D eigenvalue weighted by Crippen LogP contribution is 2.34. The number of fused-ring (bicyclic) bond motifs is 1. The van der Waals surface area contributed by atoms with Gasteiger partial charge in [0.05, 0.1) is 5.92 Å². The zero-order chi connectivity index (χ0) is 13.8. The monoisotopic (exact) mass is 260 g/mol. The van der Waals surface area contributed by atoms with Crippen LogP contribution in [-0.4, -0.2) is 18.5 Å². The fourth-order valence-corrected chi connectivity index (χ4v) is 2.59. The summed E-state index contributed by atoms with van der Waals surface area (Å²) in [5.41, 5.74) is 2.23. The van der Waals surface area contributed by atoms with Gasteiger partial charge in [-0.15, -0.1) is 0 Å². The molecule has 1 aromatic rings. The van der Waals surface area contributed by atoms with Crippen LogP contribution in [0.5, 0.6) is 0 Å². The van der Waals surface area contributed by atoms with Crippen LogP contribution in [0.1, 0.15) is 45.1 Å². The lowest BCUT2D eigenvalue weighted by atomic mass is 9.87. The van der Waals surface area contributed by atoms with E-state index in [-0.39, 0.29) is 11.8 Å². The Balaban J connectivity index is 2.05. The van der Waals surface area contributed by atoms with Crippen molar-refractivity contribution in [2.75, 3.05) is 11.9 Å². The number of benzene rings is 1. The molecule has 0 spiro atoms. The van der Waals surface area contributed by atoms with Crippen LogP contribution in [0.2, 0.25) is 0 Å². The molecule has 0 fully saturated rings. The number of carbonyl (C=O) groups is 1. The fourth-order valence-electron chi connectivity index (χ4n) is 2.59. The minimum Gasteiger partial charge on any atom is -0.382 e. The number of hydrogen-bond donors (Lipinski definition) is 2. The van der Waals surface area contributed by atoms with Crippen LogP contribution in [0.4, 0.5) is 5.69 Å². The Hall–Kier alpha value is -1.51. The van der Waals surface area contributed by atoms with Gasteiger partial charge in [-0.25, -0.2) is 0 Å². The molecule has 1 aliphatic heterocycles. The smallest absolute Gasteiger partial charge is 0.227 e. The Morgan fingerprint density at radius 3 is 2.89 bits per heavy atom. The summed E-state index contributed by atoms with van der Waals surface area (Å²) in [6, 6.07) is 8.47. The molecule has 2 unspecified atom stereocenters. The first-order valence-electron chi connectivity index (χ1n) is 7.21. The van der Waals surface area contributed by atoms with E-state index in [1.165, 1.54) is 0 Å². The zero-order valence-corrected chi connectivity index (χ0v) is 12.1. The number of hydrogen-bond acceptors (Lipinski definition) is 2. The summed E-state index contributed by atoms with van der Waals surface area (Å²) in [4.78, 5) is 12.3. The fraction of sp³-hybridized carbons (Fsp3) is 0.562. The molecule has 19 heavy (non-hydrogen) atoms. The van der Waals surface area contributed by atoms with Gasteiger partial charge >= 0.3 is 0 Å². The van der Waals surface area contributed by atoms with Gasteiger partial charge in [-0.1, -0.05) is 32.0 Å². The van der Waals surface area contributed by atoms with Crippen LogP contribution in [0.3, 0.4) is 0 Å². The van der Waals surface area contributed by atoms with Crippen molar-refractivity contribution in [1.29, 1.82) is 0 Å². The van der Waals surface area contributed by atoms with Crippen molar-refractivity contribution in [3.8, 4) is 0 Å². The Bertz CT molecular complexity index is 442. The number of anilines is 1. The predicted octanol–water partition coefficient (Wildman–Crippen LogP) is 3.14. The molecule has 104 valence electrons. The molecule has 1 aromatic carbocycles. The first kappa shape index (κ1) is 13.9. The van der Waals surface area contributed by atoms with Crippen LogP contribution >= 0.6 is 0 Å². The third-order valence-corrected chi connectivity index (χ3v) is 3.66.